The Hall–Kier alpha value is -2.98. The normalized spacial score (nSPS) is 11.8. The molecule has 11 heteroatoms. The minimum atomic E-state index is -4.54. The molecule has 0 saturated heterocycles. The van der Waals surface area contributed by atoms with Crippen molar-refractivity contribution >= 4 is 45.9 Å². The van der Waals surface area contributed by atoms with E-state index in [1.54, 1.807) is 4.57 Å². The lowest BCUT2D eigenvalue weighted by Crippen LogP contribution is -2.16. The van der Waals surface area contributed by atoms with Crippen LogP contribution in [0.4, 0.5) is 18.9 Å². The molecule has 0 saturated carbocycles. The van der Waals surface area contributed by atoms with Gasteiger partial charge in [0.25, 0.3) is 0 Å². The fraction of sp³-hybridized carbons (Fsp3) is 0.190. The standard InChI is InChI=1S/C21H16ClF3N4O2S/c1-2-29-19(17-9-12-5-3-4-6-16(12)31-17)27-28-20(29)32-11-18(30)26-15-10-13(21(23,24)25)7-8-14(15)22/h3-10H,2,11H2,1H3,(H,26,30). The van der Waals surface area contributed by atoms with Gasteiger partial charge in [0, 0.05) is 11.9 Å². The molecule has 0 fully saturated rings. The maximum Gasteiger partial charge on any atom is 0.416 e. The number of furan rings is 1. The number of para-hydroxylation sites is 1. The number of halogens is 4. The van der Waals surface area contributed by atoms with E-state index in [2.05, 4.69) is 15.5 Å². The number of carbonyl (C=O) groups excluding carboxylic acids is 1. The van der Waals surface area contributed by atoms with E-state index in [0.29, 0.717) is 23.3 Å². The first kappa shape index (κ1) is 22.2. The van der Waals surface area contributed by atoms with Crippen molar-refractivity contribution in [2.24, 2.45) is 0 Å². The number of nitrogens with zero attached hydrogens (tertiary/aromatic N) is 3. The Morgan fingerprint density at radius 2 is 1.97 bits per heavy atom. The van der Waals surface area contributed by atoms with Gasteiger partial charge in [0.2, 0.25) is 11.7 Å². The molecule has 166 valence electrons. The average Bonchev–Trinajstić information content (AvgIpc) is 3.36. The zero-order valence-corrected chi connectivity index (χ0v) is 18.2. The number of nitrogens with one attached hydrogen (secondary N) is 1. The van der Waals surface area contributed by atoms with Crippen LogP contribution in [0.2, 0.25) is 5.02 Å². The Morgan fingerprint density at radius 1 is 1.19 bits per heavy atom. The molecule has 0 aliphatic carbocycles. The van der Waals surface area contributed by atoms with Crippen molar-refractivity contribution in [2.75, 3.05) is 11.1 Å². The Kier molecular flexibility index (Phi) is 6.16. The molecule has 2 heterocycles. The van der Waals surface area contributed by atoms with Gasteiger partial charge in [0.1, 0.15) is 5.58 Å². The fourth-order valence-corrected chi connectivity index (χ4v) is 4.04. The first-order valence-corrected chi connectivity index (χ1v) is 10.8. The zero-order chi connectivity index (χ0) is 22.9. The molecule has 2 aromatic carbocycles. The molecular weight excluding hydrogens is 465 g/mol. The Labute approximate surface area is 189 Å². The number of thioether (sulfide) groups is 1. The molecule has 4 aromatic rings. The highest BCUT2D eigenvalue weighted by Gasteiger charge is 2.31. The van der Waals surface area contributed by atoms with E-state index in [1.165, 1.54) is 0 Å². The van der Waals surface area contributed by atoms with Gasteiger partial charge in [-0.1, -0.05) is 41.6 Å². The van der Waals surface area contributed by atoms with Crippen LogP contribution in [0.25, 0.3) is 22.6 Å². The Balaban J connectivity index is 1.48. The van der Waals surface area contributed by atoms with Crippen molar-refractivity contribution in [3.05, 3.63) is 59.1 Å². The number of amides is 1. The van der Waals surface area contributed by atoms with E-state index in [4.69, 9.17) is 16.0 Å². The smallest absolute Gasteiger partial charge is 0.416 e. The van der Waals surface area contributed by atoms with Crippen LogP contribution >= 0.6 is 23.4 Å². The van der Waals surface area contributed by atoms with Crippen LogP contribution < -0.4 is 5.32 Å². The van der Waals surface area contributed by atoms with E-state index >= 15 is 0 Å². The quantitative estimate of drug-likeness (QED) is 0.337. The maximum atomic E-state index is 12.9. The summed E-state index contributed by atoms with van der Waals surface area (Å²) >= 11 is 7.04. The van der Waals surface area contributed by atoms with Crippen molar-refractivity contribution in [2.45, 2.75) is 24.8 Å². The first-order valence-electron chi connectivity index (χ1n) is 9.48. The molecule has 1 amide bonds. The topological polar surface area (TPSA) is 73.0 Å². The molecule has 0 bridgehead atoms. The summed E-state index contributed by atoms with van der Waals surface area (Å²) in [6.07, 6.45) is -4.54. The molecule has 0 radical (unpaired) electrons. The fourth-order valence-electron chi connectivity index (χ4n) is 3.07. The van der Waals surface area contributed by atoms with Crippen molar-refractivity contribution < 1.29 is 22.4 Å². The summed E-state index contributed by atoms with van der Waals surface area (Å²) in [5.41, 5.74) is -0.280. The molecule has 2 aromatic heterocycles. The summed E-state index contributed by atoms with van der Waals surface area (Å²) in [6.45, 7) is 2.44. The summed E-state index contributed by atoms with van der Waals surface area (Å²) in [7, 11) is 0. The number of carbonyl (C=O) groups is 1. The monoisotopic (exact) mass is 480 g/mol. The van der Waals surface area contributed by atoms with Crippen LogP contribution in [0.5, 0.6) is 0 Å². The number of aromatic nitrogens is 3. The number of benzene rings is 2. The minimum Gasteiger partial charge on any atom is -0.453 e. The number of hydrogen-bond acceptors (Lipinski definition) is 5. The van der Waals surface area contributed by atoms with Gasteiger partial charge in [-0.15, -0.1) is 10.2 Å². The molecule has 6 nitrogen and oxygen atoms in total. The zero-order valence-electron chi connectivity index (χ0n) is 16.6. The second-order valence-electron chi connectivity index (χ2n) is 6.73. The number of hydrogen-bond donors (Lipinski definition) is 1. The van der Waals surface area contributed by atoms with Gasteiger partial charge < -0.3 is 9.73 Å². The number of rotatable bonds is 6. The Bertz CT molecular complexity index is 1250. The van der Waals surface area contributed by atoms with Gasteiger partial charge in [-0.2, -0.15) is 13.2 Å². The second-order valence-corrected chi connectivity index (χ2v) is 8.08. The molecule has 0 unspecified atom stereocenters. The van der Waals surface area contributed by atoms with E-state index in [9.17, 15) is 18.0 Å². The highest BCUT2D eigenvalue weighted by atomic mass is 35.5. The van der Waals surface area contributed by atoms with Crippen LogP contribution in [0.15, 0.2) is 58.1 Å². The van der Waals surface area contributed by atoms with E-state index in [-0.39, 0.29) is 16.5 Å². The molecule has 4 rings (SSSR count). The second kappa shape index (κ2) is 8.87. The Morgan fingerprint density at radius 3 is 2.69 bits per heavy atom. The molecule has 1 N–H and O–H groups in total. The first-order chi connectivity index (χ1) is 15.3. The van der Waals surface area contributed by atoms with Crippen LogP contribution in [-0.2, 0) is 17.5 Å². The highest BCUT2D eigenvalue weighted by Crippen LogP contribution is 2.34. The molecular formula is C21H16ClF3N4O2S. The summed E-state index contributed by atoms with van der Waals surface area (Å²) in [5, 5.41) is 12.2. The molecule has 0 atom stereocenters. The average molecular weight is 481 g/mol. The van der Waals surface area contributed by atoms with E-state index < -0.39 is 17.6 Å². The van der Waals surface area contributed by atoms with Crippen molar-refractivity contribution in [3.63, 3.8) is 0 Å². The molecule has 0 aliphatic rings. The van der Waals surface area contributed by atoms with Crippen LogP contribution in [0.1, 0.15) is 12.5 Å². The lowest BCUT2D eigenvalue weighted by atomic mass is 10.2. The van der Waals surface area contributed by atoms with Crippen molar-refractivity contribution in [1.29, 1.82) is 0 Å². The largest absolute Gasteiger partial charge is 0.453 e. The summed E-state index contributed by atoms with van der Waals surface area (Å²) in [5.74, 6) is 0.456. The lowest BCUT2D eigenvalue weighted by molar-refractivity contribution is -0.137. The molecule has 0 aliphatic heterocycles. The van der Waals surface area contributed by atoms with Crippen molar-refractivity contribution in [3.8, 4) is 11.6 Å². The number of fused-ring (bicyclic) bond motifs is 1. The van der Waals surface area contributed by atoms with Crippen LogP contribution in [0, 0.1) is 0 Å². The molecule has 0 spiro atoms. The highest BCUT2D eigenvalue weighted by molar-refractivity contribution is 7.99. The van der Waals surface area contributed by atoms with Gasteiger partial charge >= 0.3 is 6.18 Å². The van der Waals surface area contributed by atoms with E-state index in [1.807, 2.05) is 37.3 Å². The van der Waals surface area contributed by atoms with Gasteiger partial charge in [-0.25, -0.2) is 0 Å². The van der Waals surface area contributed by atoms with Crippen LogP contribution in [-0.4, -0.2) is 26.4 Å². The summed E-state index contributed by atoms with van der Waals surface area (Å²) in [6, 6.07) is 12.2. The minimum absolute atomic E-state index is 0.0141. The van der Waals surface area contributed by atoms with Gasteiger partial charge in [0.15, 0.2) is 10.9 Å². The maximum absolute atomic E-state index is 12.9. The third kappa shape index (κ3) is 4.61. The third-order valence-corrected chi connectivity index (χ3v) is 5.88. The predicted molar refractivity (Wildman–Crippen MR) is 117 cm³/mol. The lowest BCUT2D eigenvalue weighted by Gasteiger charge is -2.11. The number of anilines is 1. The van der Waals surface area contributed by atoms with Crippen molar-refractivity contribution in [1.82, 2.24) is 14.8 Å². The van der Waals surface area contributed by atoms with Gasteiger partial charge in [0.05, 0.1) is 22.0 Å². The van der Waals surface area contributed by atoms with E-state index in [0.717, 1.165) is 40.9 Å². The van der Waals surface area contributed by atoms with Crippen LogP contribution in [0.3, 0.4) is 0 Å². The SMILES string of the molecule is CCn1c(SCC(=O)Nc2cc(C(F)(F)F)ccc2Cl)nnc1-c1cc2ccccc2o1. The van der Waals surface area contributed by atoms with Gasteiger partial charge in [-0.05, 0) is 37.3 Å². The molecule has 32 heavy (non-hydrogen) atoms. The summed E-state index contributed by atoms with van der Waals surface area (Å²) in [4.78, 5) is 12.3. The third-order valence-electron chi connectivity index (χ3n) is 4.58. The van der Waals surface area contributed by atoms with Gasteiger partial charge in [-0.3, -0.25) is 9.36 Å². The summed E-state index contributed by atoms with van der Waals surface area (Å²) < 4.78 is 46.4. The predicted octanol–water partition coefficient (Wildman–Crippen LogP) is 6.11. The number of alkyl halides is 3.